The molecule has 1 amide bonds. The number of carbonyl (C=O) groups excluding carboxylic acids is 1. The van der Waals surface area contributed by atoms with Crippen molar-refractivity contribution in [3.05, 3.63) is 47.7 Å². The van der Waals surface area contributed by atoms with Gasteiger partial charge in [-0.3, -0.25) is 5.32 Å². The van der Waals surface area contributed by atoms with Gasteiger partial charge in [-0.25, -0.2) is 9.48 Å². The Balaban J connectivity index is 1.71. The molecule has 2 heterocycles. The molecule has 2 atom stereocenters. The number of anilines is 1. The van der Waals surface area contributed by atoms with E-state index in [2.05, 4.69) is 10.4 Å². The highest BCUT2D eigenvalue weighted by Crippen LogP contribution is 2.31. The summed E-state index contributed by atoms with van der Waals surface area (Å²) in [6, 6.07) is 11.3. The van der Waals surface area contributed by atoms with Crippen molar-refractivity contribution in [2.45, 2.75) is 51.5 Å². The topological polar surface area (TPSA) is 85.6 Å². The lowest BCUT2D eigenvalue weighted by Crippen LogP contribution is -2.27. The van der Waals surface area contributed by atoms with Gasteiger partial charge >= 0.3 is 6.09 Å². The number of rotatable bonds is 4. The molecule has 1 fully saturated rings. The third kappa shape index (κ3) is 4.42. The van der Waals surface area contributed by atoms with Crippen LogP contribution in [0.15, 0.2) is 36.4 Å². The minimum atomic E-state index is -0.543. The fraction of sp³-hybridized carbons (Fsp3) is 0.474. The van der Waals surface area contributed by atoms with Crippen LogP contribution in [0, 0.1) is 0 Å². The summed E-state index contributed by atoms with van der Waals surface area (Å²) in [5.41, 5.74) is 1.27. The van der Waals surface area contributed by atoms with Crippen molar-refractivity contribution >= 4 is 11.9 Å². The van der Waals surface area contributed by atoms with E-state index in [1.807, 2.05) is 51.1 Å². The largest absolute Gasteiger partial charge is 0.444 e. The zero-order valence-electron chi connectivity index (χ0n) is 15.3. The second kappa shape index (κ2) is 7.47. The van der Waals surface area contributed by atoms with E-state index in [0.29, 0.717) is 24.5 Å². The summed E-state index contributed by atoms with van der Waals surface area (Å²) in [6.07, 6.45) is -0.793. The second-order valence-corrected chi connectivity index (χ2v) is 7.44. The lowest BCUT2D eigenvalue weighted by molar-refractivity contribution is 0.0860. The van der Waals surface area contributed by atoms with Crippen LogP contribution in [0.2, 0.25) is 0 Å². The Morgan fingerprint density at radius 3 is 2.73 bits per heavy atom. The molecule has 26 heavy (non-hydrogen) atoms. The predicted molar refractivity (Wildman–Crippen MR) is 96.8 cm³/mol. The van der Waals surface area contributed by atoms with Crippen LogP contribution in [-0.4, -0.2) is 33.7 Å². The van der Waals surface area contributed by atoms with E-state index >= 15 is 0 Å². The molecule has 1 aromatic carbocycles. The van der Waals surface area contributed by atoms with E-state index in [-0.39, 0.29) is 18.2 Å². The van der Waals surface area contributed by atoms with E-state index in [1.165, 1.54) is 0 Å². The lowest BCUT2D eigenvalue weighted by atomic mass is 10.1. The first-order valence-corrected chi connectivity index (χ1v) is 8.71. The van der Waals surface area contributed by atoms with Crippen LogP contribution in [-0.2, 0) is 21.6 Å². The van der Waals surface area contributed by atoms with Gasteiger partial charge in [0.15, 0.2) is 0 Å². The lowest BCUT2D eigenvalue weighted by Gasteiger charge is -2.22. The first-order chi connectivity index (χ1) is 12.3. The van der Waals surface area contributed by atoms with Gasteiger partial charge in [-0.15, -0.1) is 0 Å². The summed E-state index contributed by atoms with van der Waals surface area (Å²) < 4.78 is 12.6. The maximum atomic E-state index is 12.2. The number of hydrogen-bond acceptors (Lipinski definition) is 5. The average molecular weight is 359 g/mol. The number of ether oxygens (including phenoxy) is 2. The minimum absolute atomic E-state index is 0.196. The van der Waals surface area contributed by atoms with E-state index in [1.54, 1.807) is 10.7 Å². The van der Waals surface area contributed by atoms with Gasteiger partial charge < -0.3 is 14.6 Å². The Hall–Kier alpha value is -2.38. The van der Waals surface area contributed by atoms with Gasteiger partial charge in [-0.05, 0) is 26.3 Å². The number of carbonyl (C=O) groups is 1. The normalized spacial score (nSPS) is 20.2. The molecule has 1 saturated heterocycles. The first kappa shape index (κ1) is 18.4. The number of aliphatic hydroxyl groups excluding tert-OH is 1. The number of aliphatic hydroxyl groups is 1. The molecule has 2 N–H and O–H groups in total. The van der Waals surface area contributed by atoms with Crippen molar-refractivity contribution in [2.75, 3.05) is 11.9 Å². The second-order valence-electron chi connectivity index (χ2n) is 7.44. The standard InChI is InChI=1S/C19H25N3O4/c1-19(2,3)22-17(10-15(21-22)16-9-14(23)12-25-16)20-18(24)26-11-13-7-5-4-6-8-13/h4-8,10,14,16,23H,9,11-12H2,1-3H3,(H,20,24)/t14-,16+/m1/s1. The van der Waals surface area contributed by atoms with Gasteiger partial charge in [-0.1, -0.05) is 30.3 Å². The highest BCUT2D eigenvalue weighted by Gasteiger charge is 2.30. The van der Waals surface area contributed by atoms with Crippen molar-refractivity contribution < 1.29 is 19.4 Å². The van der Waals surface area contributed by atoms with Crippen molar-refractivity contribution in [1.29, 1.82) is 0 Å². The van der Waals surface area contributed by atoms with Crippen LogP contribution in [0.4, 0.5) is 10.6 Å². The molecule has 140 valence electrons. The Morgan fingerprint density at radius 1 is 1.38 bits per heavy atom. The molecular formula is C19H25N3O4. The zero-order valence-corrected chi connectivity index (χ0v) is 15.3. The molecule has 3 rings (SSSR count). The summed E-state index contributed by atoms with van der Waals surface area (Å²) >= 11 is 0. The van der Waals surface area contributed by atoms with Crippen LogP contribution >= 0.6 is 0 Å². The summed E-state index contributed by atoms with van der Waals surface area (Å²) in [7, 11) is 0. The molecule has 7 nitrogen and oxygen atoms in total. The molecule has 1 aliphatic heterocycles. The van der Waals surface area contributed by atoms with Crippen LogP contribution < -0.4 is 5.32 Å². The first-order valence-electron chi connectivity index (χ1n) is 8.71. The fourth-order valence-corrected chi connectivity index (χ4v) is 2.84. The Bertz CT molecular complexity index is 752. The number of aromatic nitrogens is 2. The molecule has 0 spiro atoms. The highest BCUT2D eigenvalue weighted by molar-refractivity contribution is 5.83. The number of amides is 1. The van der Waals surface area contributed by atoms with Crippen molar-refractivity contribution in [3.8, 4) is 0 Å². The number of nitrogens with zero attached hydrogens (tertiary/aromatic N) is 2. The Kier molecular flexibility index (Phi) is 5.29. The number of nitrogens with one attached hydrogen (secondary N) is 1. The predicted octanol–water partition coefficient (Wildman–Crippen LogP) is 3.21. The van der Waals surface area contributed by atoms with Gasteiger partial charge in [0, 0.05) is 12.5 Å². The summed E-state index contributed by atoms with van der Waals surface area (Å²) in [5, 5.41) is 17.0. The maximum Gasteiger partial charge on any atom is 0.413 e. The number of hydrogen-bond donors (Lipinski definition) is 2. The maximum absolute atomic E-state index is 12.2. The molecule has 0 saturated carbocycles. The molecule has 7 heteroatoms. The summed E-state index contributed by atoms with van der Waals surface area (Å²) in [4.78, 5) is 12.2. The van der Waals surface area contributed by atoms with Gasteiger partial charge in [0.1, 0.15) is 18.5 Å². The molecule has 0 bridgehead atoms. The Labute approximate surface area is 152 Å². The van der Waals surface area contributed by atoms with Crippen molar-refractivity contribution in [1.82, 2.24) is 9.78 Å². The highest BCUT2D eigenvalue weighted by atomic mass is 16.5. The van der Waals surface area contributed by atoms with Crippen LogP contribution in [0.25, 0.3) is 0 Å². The van der Waals surface area contributed by atoms with E-state index in [0.717, 1.165) is 5.56 Å². The fourth-order valence-electron chi connectivity index (χ4n) is 2.84. The zero-order chi connectivity index (χ0) is 18.7. The van der Waals surface area contributed by atoms with E-state index < -0.39 is 12.2 Å². The number of benzene rings is 1. The summed E-state index contributed by atoms with van der Waals surface area (Å²) in [5.74, 6) is 0.538. The van der Waals surface area contributed by atoms with E-state index in [4.69, 9.17) is 9.47 Å². The van der Waals surface area contributed by atoms with Gasteiger partial charge in [0.25, 0.3) is 0 Å². The van der Waals surface area contributed by atoms with Gasteiger partial charge in [0.05, 0.1) is 23.9 Å². The van der Waals surface area contributed by atoms with Crippen LogP contribution in [0.3, 0.4) is 0 Å². The average Bonchev–Trinajstić information content (AvgIpc) is 3.20. The SMILES string of the molecule is CC(C)(C)n1nc([C@@H]2C[C@@H](O)CO2)cc1NC(=O)OCc1ccccc1. The molecule has 2 aromatic rings. The third-order valence-electron chi connectivity index (χ3n) is 4.11. The van der Waals surface area contributed by atoms with Crippen molar-refractivity contribution in [3.63, 3.8) is 0 Å². The minimum Gasteiger partial charge on any atom is -0.444 e. The molecule has 0 radical (unpaired) electrons. The van der Waals surface area contributed by atoms with Crippen LogP contribution in [0.1, 0.15) is 44.6 Å². The molecule has 1 aromatic heterocycles. The third-order valence-corrected chi connectivity index (χ3v) is 4.11. The quantitative estimate of drug-likeness (QED) is 0.875. The van der Waals surface area contributed by atoms with Crippen molar-refractivity contribution in [2.24, 2.45) is 0 Å². The molecule has 0 unspecified atom stereocenters. The summed E-state index contributed by atoms with van der Waals surface area (Å²) in [6.45, 7) is 6.48. The molecule has 0 aliphatic carbocycles. The molecular weight excluding hydrogens is 334 g/mol. The smallest absolute Gasteiger partial charge is 0.413 e. The Morgan fingerprint density at radius 2 is 2.12 bits per heavy atom. The van der Waals surface area contributed by atoms with Gasteiger partial charge in [0.2, 0.25) is 0 Å². The molecule has 1 aliphatic rings. The van der Waals surface area contributed by atoms with Crippen LogP contribution in [0.5, 0.6) is 0 Å². The van der Waals surface area contributed by atoms with Gasteiger partial charge in [-0.2, -0.15) is 5.10 Å². The monoisotopic (exact) mass is 359 g/mol. The van der Waals surface area contributed by atoms with E-state index in [9.17, 15) is 9.90 Å².